The summed E-state index contributed by atoms with van der Waals surface area (Å²) >= 11 is 12.7. The Labute approximate surface area is 127 Å². The van der Waals surface area contributed by atoms with Crippen LogP contribution in [0.5, 0.6) is 0 Å². The predicted molar refractivity (Wildman–Crippen MR) is 74.5 cm³/mol. The predicted octanol–water partition coefficient (Wildman–Crippen LogP) is 2.47. The molecule has 0 saturated carbocycles. The van der Waals surface area contributed by atoms with Crippen molar-refractivity contribution in [2.24, 2.45) is 0 Å². The first-order valence-corrected chi connectivity index (χ1v) is 6.89. The van der Waals surface area contributed by atoms with Gasteiger partial charge in [0.15, 0.2) is 5.69 Å². The number of carboxylic acid groups (broad SMARTS) is 1. The number of pyridine rings is 1. The van der Waals surface area contributed by atoms with Crippen molar-refractivity contribution in [2.45, 2.75) is 6.54 Å². The number of hydrogen-bond donors (Lipinski definition) is 2. The lowest BCUT2D eigenvalue weighted by molar-refractivity contribution is 0.0691. The van der Waals surface area contributed by atoms with Crippen LogP contribution in [0.1, 0.15) is 26.0 Å². The van der Waals surface area contributed by atoms with E-state index in [4.69, 9.17) is 28.3 Å². The van der Waals surface area contributed by atoms with E-state index in [0.717, 1.165) is 11.3 Å². The van der Waals surface area contributed by atoms with E-state index in [0.29, 0.717) is 5.01 Å². The first kappa shape index (κ1) is 14.7. The summed E-state index contributed by atoms with van der Waals surface area (Å²) in [6, 6.07) is 2.94. The van der Waals surface area contributed by atoms with Crippen molar-refractivity contribution in [3.63, 3.8) is 0 Å². The lowest BCUT2D eigenvalue weighted by Crippen LogP contribution is -2.24. The third kappa shape index (κ3) is 3.44. The summed E-state index contributed by atoms with van der Waals surface area (Å²) in [5.74, 6) is -1.62. The molecule has 2 aromatic rings. The standard InChI is InChI=1S/C11H7Cl2N3O3S/c12-5-1-2-7(13)16-9(5)10(17)14-3-8-15-6(4-20-8)11(18)19/h1-2,4H,3H2,(H,14,17)(H,18,19). The summed E-state index contributed by atoms with van der Waals surface area (Å²) in [6.07, 6.45) is 0. The SMILES string of the molecule is O=C(O)c1csc(CNC(=O)c2nc(Cl)ccc2Cl)n1. The molecule has 0 aliphatic heterocycles. The molecule has 0 aliphatic carbocycles. The summed E-state index contributed by atoms with van der Waals surface area (Å²) < 4.78 is 0. The van der Waals surface area contributed by atoms with E-state index in [1.165, 1.54) is 17.5 Å². The monoisotopic (exact) mass is 331 g/mol. The van der Waals surface area contributed by atoms with Crippen LogP contribution in [0.15, 0.2) is 17.5 Å². The molecular formula is C11H7Cl2N3O3S. The third-order valence-corrected chi connectivity index (χ3v) is 3.56. The topological polar surface area (TPSA) is 92.2 Å². The normalized spacial score (nSPS) is 10.3. The maximum atomic E-state index is 11.9. The number of carbonyl (C=O) groups is 2. The van der Waals surface area contributed by atoms with E-state index < -0.39 is 11.9 Å². The lowest BCUT2D eigenvalue weighted by Gasteiger charge is -2.04. The molecule has 0 bridgehead atoms. The smallest absolute Gasteiger partial charge is 0.355 e. The van der Waals surface area contributed by atoms with E-state index in [-0.39, 0.29) is 28.1 Å². The quantitative estimate of drug-likeness (QED) is 0.839. The second-order valence-corrected chi connectivity index (χ2v) is 5.32. The Balaban J connectivity index is 2.04. The van der Waals surface area contributed by atoms with Crippen molar-refractivity contribution >= 4 is 46.4 Å². The molecule has 6 nitrogen and oxygen atoms in total. The second-order valence-electron chi connectivity index (χ2n) is 3.58. The highest BCUT2D eigenvalue weighted by atomic mass is 35.5. The Morgan fingerprint density at radius 3 is 2.70 bits per heavy atom. The van der Waals surface area contributed by atoms with Gasteiger partial charge in [0.2, 0.25) is 0 Å². The zero-order chi connectivity index (χ0) is 14.7. The number of hydrogen-bond acceptors (Lipinski definition) is 5. The molecule has 2 N–H and O–H groups in total. The minimum absolute atomic E-state index is 0.00850. The van der Waals surface area contributed by atoms with Gasteiger partial charge in [-0.15, -0.1) is 11.3 Å². The average Bonchev–Trinajstić information content (AvgIpc) is 2.88. The maximum Gasteiger partial charge on any atom is 0.355 e. The largest absolute Gasteiger partial charge is 0.476 e. The van der Waals surface area contributed by atoms with Gasteiger partial charge in [-0.3, -0.25) is 4.79 Å². The Kier molecular flexibility index (Phi) is 4.53. The van der Waals surface area contributed by atoms with E-state index >= 15 is 0 Å². The van der Waals surface area contributed by atoms with Crippen LogP contribution in [-0.4, -0.2) is 27.0 Å². The number of nitrogens with zero attached hydrogens (tertiary/aromatic N) is 2. The number of carbonyl (C=O) groups excluding carboxylic acids is 1. The van der Waals surface area contributed by atoms with Crippen LogP contribution in [-0.2, 0) is 6.54 Å². The molecule has 0 saturated heterocycles. The van der Waals surface area contributed by atoms with Crippen molar-refractivity contribution in [1.82, 2.24) is 15.3 Å². The molecule has 0 radical (unpaired) electrons. The van der Waals surface area contributed by atoms with Gasteiger partial charge in [0.05, 0.1) is 11.6 Å². The van der Waals surface area contributed by atoms with E-state index in [9.17, 15) is 9.59 Å². The highest BCUT2D eigenvalue weighted by Gasteiger charge is 2.14. The minimum atomic E-state index is -1.11. The Bertz CT molecular complexity index is 675. The maximum absolute atomic E-state index is 11.9. The van der Waals surface area contributed by atoms with Gasteiger partial charge in [0, 0.05) is 5.38 Å². The zero-order valence-corrected chi connectivity index (χ0v) is 12.1. The summed E-state index contributed by atoms with van der Waals surface area (Å²) in [7, 11) is 0. The van der Waals surface area contributed by atoms with Gasteiger partial charge < -0.3 is 10.4 Å². The summed E-state index contributed by atoms with van der Waals surface area (Å²) in [4.78, 5) is 30.2. The van der Waals surface area contributed by atoms with Crippen molar-refractivity contribution in [3.8, 4) is 0 Å². The fraction of sp³-hybridized carbons (Fsp3) is 0.0909. The zero-order valence-electron chi connectivity index (χ0n) is 9.76. The van der Waals surface area contributed by atoms with Crippen LogP contribution < -0.4 is 5.32 Å². The molecule has 0 atom stereocenters. The summed E-state index contributed by atoms with van der Waals surface area (Å²) in [5.41, 5.74) is -0.0488. The Morgan fingerprint density at radius 1 is 1.30 bits per heavy atom. The van der Waals surface area contributed by atoms with Gasteiger partial charge in [-0.25, -0.2) is 14.8 Å². The highest BCUT2D eigenvalue weighted by molar-refractivity contribution is 7.09. The lowest BCUT2D eigenvalue weighted by atomic mass is 10.3. The van der Waals surface area contributed by atoms with Gasteiger partial charge in [-0.1, -0.05) is 23.2 Å². The van der Waals surface area contributed by atoms with E-state index in [2.05, 4.69) is 15.3 Å². The molecular weight excluding hydrogens is 325 g/mol. The minimum Gasteiger partial charge on any atom is -0.476 e. The van der Waals surface area contributed by atoms with Crippen molar-refractivity contribution in [3.05, 3.63) is 44.1 Å². The summed E-state index contributed by atoms with van der Waals surface area (Å²) in [6.45, 7) is 0.0846. The number of aromatic carboxylic acids is 1. The molecule has 9 heteroatoms. The van der Waals surface area contributed by atoms with Gasteiger partial charge in [0.25, 0.3) is 5.91 Å². The fourth-order valence-corrected chi connectivity index (χ4v) is 2.35. The van der Waals surface area contributed by atoms with Crippen molar-refractivity contribution in [1.29, 1.82) is 0 Å². The van der Waals surface area contributed by atoms with Crippen LogP contribution >= 0.6 is 34.5 Å². The van der Waals surface area contributed by atoms with Gasteiger partial charge in [0.1, 0.15) is 15.9 Å². The van der Waals surface area contributed by atoms with Crippen LogP contribution in [0.2, 0.25) is 10.2 Å². The molecule has 0 fully saturated rings. The second kappa shape index (κ2) is 6.17. The van der Waals surface area contributed by atoms with Gasteiger partial charge in [-0.05, 0) is 12.1 Å². The first-order chi connectivity index (χ1) is 9.47. The summed E-state index contributed by atoms with van der Waals surface area (Å²) in [5, 5.41) is 13.5. The number of amides is 1. The molecule has 2 rings (SSSR count). The van der Waals surface area contributed by atoms with E-state index in [1.54, 1.807) is 0 Å². The molecule has 0 aliphatic rings. The van der Waals surface area contributed by atoms with Crippen LogP contribution in [0.3, 0.4) is 0 Å². The number of rotatable bonds is 4. The van der Waals surface area contributed by atoms with Crippen LogP contribution in [0.4, 0.5) is 0 Å². The van der Waals surface area contributed by atoms with Gasteiger partial charge in [-0.2, -0.15) is 0 Å². The molecule has 2 heterocycles. The van der Waals surface area contributed by atoms with Gasteiger partial charge >= 0.3 is 5.97 Å². The number of nitrogens with one attached hydrogen (secondary N) is 1. The molecule has 0 aromatic carbocycles. The molecule has 20 heavy (non-hydrogen) atoms. The van der Waals surface area contributed by atoms with Crippen molar-refractivity contribution in [2.75, 3.05) is 0 Å². The Hall–Kier alpha value is -1.70. The first-order valence-electron chi connectivity index (χ1n) is 5.25. The third-order valence-electron chi connectivity index (χ3n) is 2.20. The van der Waals surface area contributed by atoms with Crippen LogP contribution in [0.25, 0.3) is 0 Å². The van der Waals surface area contributed by atoms with Crippen LogP contribution in [0, 0.1) is 0 Å². The average molecular weight is 332 g/mol. The molecule has 104 valence electrons. The van der Waals surface area contributed by atoms with Crippen molar-refractivity contribution < 1.29 is 14.7 Å². The Morgan fingerprint density at radius 2 is 2.05 bits per heavy atom. The molecule has 0 spiro atoms. The molecule has 1 amide bonds. The number of halogens is 2. The number of thiazole rings is 1. The molecule has 0 unspecified atom stereocenters. The molecule has 2 aromatic heterocycles. The number of aromatic nitrogens is 2. The van der Waals surface area contributed by atoms with E-state index in [1.807, 2.05) is 0 Å². The number of carboxylic acids is 1. The fourth-order valence-electron chi connectivity index (χ4n) is 1.31. The highest BCUT2D eigenvalue weighted by Crippen LogP contribution is 2.17.